The molecule has 1 saturated heterocycles. The van der Waals surface area contributed by atoms with Crippen LogP contribution in [0.15, 0.2) is 45.8 Å². The third-order valence-corrected chi connectivity index (χ3v) is 8.51. The number of benzene rings is 2. The van der Waals surface area contributed by atoms with E-state index < -0.39 is 9.84 Å². The van der Waals surface area contributed by atoms with Crippen molar-refractivity contribution in [2.75, 3.05) is 48.3 Å². The molecule has 2 amide bonds. The zero-order valence-electron chi connectivity index (χ0n) is 18.3. The molecule has 10 heteroatoms. The molecule has 0 aliphatic carbocycles. The Bertz CT molecular complexity index is 1200. The van der Waals surface area contributed by atoms with Crippen LogP contribution in [0.2, 0.25) is 5.02 Å². The molecule has 4 rings (SSSR count). The maximum Gasteiger partial charge on any atom is 0.223 e. The summed E-state index contributed by atoms with van der Waals surface area (Å²) in [6.45, 7) is 4.25. The standard InChI is InChI=1S/C23H25BrClN3O4S/c1-16(29)28-7-5-17-13-18(24)14-21(23(17)28)33(31,32)12-6-22(30)27-10-8-26(9-11-27)20-4-2-3-19(25)15-20/h2-4,13-15H,5-12H2,1H3. The van der Waals surface area contributed by atoms with E-state index in [1.165, 1.54) is 17.9 Å². The number of halogens is 2. The predicted molar refractivity (Wildman–Crippen MR) is 133 cm³/mol. The molecule has 0 N–H and O–H groups in total. The molecule has 0 saturated carbocycles. The number of carbonyl (C=O) groups is 2. The van der Waals surface area contributed by atoms with Gasteiger partial charge in [0.05, 0.1) is 16.3 Å². The van der Waals surface area contributed by atoms with Gasteiger partial charge in [-0.2, -0.15) is 0 Å². The van der Waals surface area contributed by atoms with E-state index in [0.717, 1.165) is 11.3 Å². The average molecular weight is 555 g/mol. The summed E-state index contributed by atoms with van der Waals surface area (Å²) in [4.78, 5) is 30.3. The summed E-state index contributed by atoms with van der Waals surface area (Å²) >= 11 is 9.46. The molecule has 2 aromatic carbocycles. The maximum absolute atomic E-state index is 13.2. The number of hydrogen-bond donors (Lipinski definition) is 0. The number of rotatable bonds is 5. The Balaban J connectivity index is 1.42. The van der Waals surface area contributed by atoms with Crippen LogP contribution in [0.1, 0.15) is 18.9 Å². The minimum absolute atomic E-state index is 0.0964. The Labute approximate surface area is 207 Å². The Morgan fingerprint density at radius 3 is 2.45 bits per heavy atom. The van der Waals surface area contributed by atoms with Crippen LogP contribution in [-0.4, -0.2) is 63.6 Å². The molecule has 0 unspecified atom stereocenters. The van der Waals surface area contributed by atoms with Gasteiger partial charge in [-0.05, 0) is 42.3 Å². The van der Waals surface area contributed by atoms with Gasteiger partial charge in [-0.1, -0.05) is 33.6 Å². The van der Waals surface area contributed by atoms with Crippen molar-refractivity contribution < 1.29 is 18.0 Å². The monoisotopic (exact) mass is 553 g/mol. The molecule has 2 aromatic rings. The smallest absolute Gasteiger partial charge is 0.223 e. The van der Waals surface area contributed by atoms with Crippen LogP contribution in [-0.2, 0) is 25.8 Å². The lowest BCUT2D eigenvalue weighted by atomic mass is 10.2. The second-order valence-corrected chi connectivity index (χ2v) is 11.7. The van der Waals surface area contributed by atoms with Crippen LogP contribution < -0.4 is 9.80 Å². The van der Waals surface area contributed by atoms with E-state index in [0.29, 0.717) is 54.3 Å². The minimum Gasteiger partial charge on any atom is -0.368 e. The number of fused-ring (bicyclic) bond motifs is 1. The summed E-state index contributed by atoms with van der Waals surface area (Å²) in [5.41, 5.74) is 2.28. The van der Waals surface area contributed by atoms with Crippen molar-refractivity contribution in [1.29, 1.82) is 0 Å². The number of hydrogen-bond acceptors (Lipinski definition) is 5. The number of piperazine rings is 1. The highest BCUT2D eigenvalue weighted by Crippen LogP contribution is 2.38. The molecule has 2 aliphatic heterocycles. The fourth-order valence-corrected chi connectivity index (χ4v) is 6.74. The summed E-state index contributed by atoms with van der Waals surface area (Å²) in [5.74, 6) is -0.671. The fourth-order valence-electron chi connectivity index (χ4n) is 4.40. The zero-order valence-corrected chi connectivity index (χ0v) is 21.4. The van der Waals surface area contributed by atoms with Gasteiger partial charge in [0.15, 0.2) is 9.84 Å². The van der Waals surface area contributed by atoms with Gasteiger partial charge in [0, 0.05) is 61.3 Å². The van der Waals surface area contributed by atoms with E-state index in [-0.39, 0.29) is 28.9 Å². The summed E-state index contributed by atoms with van der Waals surface area (Å²) in [6, 6.07) is 11.0. The van der Waals surface area contributed by atoms with Crippen LogP contribution in [0.5, 0.6) is 0 Å². The Hall–Kier alpha value is -2.10. The predicted octanol–water partition coefficient (Wildman–Crippen LogP) is 3.52. The Morgan fingerprint density at radius 2 is 1.79 bits per heavy atom. The molecular formula is C23H25BrClN3O4S. The number of amides is 2. The zero-order chi connectivity index (χ0) is 23.8. The average Bonchev–Trinajstić information content (AvgIpc) is 3.21. The normalized spacial score (nSPS) is 16.2. The minimum atomic E-state index is -3.76. The Kier molecular flexibility index (Phi) is 7.02. The quantitative estimate of drug-likeness (QED) is 0.565. The maximum atomic E-state index is 13.2. The molecule has 2 heterocycles. The van der Waals surface area contributed by atoms with Gasteiger partial charge in [0.2, 0.25) is 11.8 Å². The lowest BCUT2D eigenvalue weighted by Gasteiger charge is -2.36. The Morgan fingerprint density at radius 1 is 1.06 bits per heavy atom. The highest BCUT2D eigenvalue weighted by molar-refractivity contribution is 9.10. The lowest BCUT2D eigenvalue weighted by molar-refractivity contribution is -0.131. The van der Waals surface area contributed by atoms with Crippen LogP contribution in [0.4, 0.5) is 11.4 Å². The molecule has 7 nitrogen and oxygen atoms in total. The fraction of sp³-hybridized carbons (Fsp3) is 0.391. The van der Waals surface area contributed by atoms with Crippen molar-refractivity contribution in [3.8, 4) is 0 Å². The van der Waals surface area contributed by atoms with E-state index in [1.54, 1.807) is 4.90 Å². The van der Waals surface area contributed by atoms with Crippen molar-refractivity contribution in [2.45, 2.75) is 24.7 Å². The second kappa shape index (κ2) is 9.64. The molecule has 2 aliphatic rings. The SMILES string of the molecule is CC(=O)N1CCc2cc(Br)cc(S(=O)(=O)CCC(=O)N3CCN(c4cccc(Cl)c4)CC3)c21. The number of nitrogens with zero attached hydrogens (tertiary/aromatic N) is 3. The first kappa shape index (κ1) is 24.0. The molecule has 33 heavy (non-hydrogen) atoms. The van der Waals surface area contributed by atoms with E-state index >= 15 is 0 Å². The van der Waals surface area contributed by atoms with Crippen LogP contribution in [0, 0.1) is 0 Å². The van der Waals surface area contributed by atoms with Crippen molar-refractivity contribution in [1.82, 2.24) is 4.90 Å². The van der Waals surface area contributed by atoms with Crippen molar-refractivity contribution in [2.24, 2.45) is 0 Å². The first-order valence-corrected chi connectivity index (χ1v) is 13.6. The summed E-state index contributed by atoms with van der Waals surface area (Å²) in [5, 5.41) is 0.665. The molecule has 0 spiro atoms. The van der Waals surface area contributed by atoms with Crippen molar-refractivity contribution >= 4 is 60.6 Å². The highest BCUT2D eigenvalue weighted by atomic mass is 79.9. The first-order valence-electron chi connectivity index (χ1n) is 10.8. The second-order valence-electron chi connectivity index (χ2n) is 8.25. The third kappa shape index (κ3) is 5.20. The molecule has 0 bridgehead atoms. The van der Waals surface area contributed by atoms with Crippen LogP contribution in [0.3, 0.4) is 0 Å². The van der Waals surface area contributed by atoms with Crippen molar-refractivity contribution in [3.63, 3.8) is 0 Å². The van der Waals surface area contributed by atoms with Gasteiger partial charge >= 0.3 is 0 Å². The largest absolute Gasteiger partial charge is 0.368 e. The molecule has 176 valence electrons. The van der Waals surface area contributed by atoms with E-state index in [2.05, 4.69) is 20.8 Å². The van der Waals surface area contributed by atoms with E-state index in [1.807, 2.05) is 30.3 Å². The number of anilines is 2. The van der Waals surface area contributed by atoms with Gasteiger partial charge in [-0.15, -0.1) is 0 Å². The van der Waals surface area contributed by atoms with E-state index in [9.17, 15) is 18.0 Å². The van der Waals surface area contributed by atoms with Gasteiger partial charge in [-0.3, -0.25) is 9.59 Å². The summed E-state index contributed by atoms with van der Waals surface area (Å²) < 4.78 is 27.1. The van der Waals surface area contributed by atoms with Gasteiger partial charge < -0.3 is 14.7 Å². The number of carbonyl (C=O) groups excluding carboxylic acids is 2. The summed E-state index contributed by atoms with van der Waals surface area (Å²) in [6.07, 6.45) is 0.508. The summed E-state index contributed by atoms with van der Waals surface area (Å²) in [7, 11) is -3.76. The van der Waals surface area contributed by atoms with Crippen LogP contribution in [0.25, 0.3) is 0 Å². The van der Waals surface area contributed by atoms with Crippen molar-refractivity contribution in [3.05, 3.63) is 51.5 Å². The molecule has 0 aromatic heterocycles. The molecular weight excluding hydrogens is 530 g/mol. The van der Waals surface area contributed by atoms with E-state index in [4.69, 9.17) is 11.6 Å². The highest BCUT2D eigenvalue weighted by Gasteiger charge is 2.32. The van der Waals surface area contributed by atoms with Gasteiger partial charge in [0.1, 0.15) is 0 Å². The van der Waals surface area contributed by atoms with Gasteiger partial charge in [0.25, 0.3) is 0 Å². The van der Waals surface area contributed by atoms with Gasteiger partial charge in [-0.25, -0.2) is 8.42 Å². The topological polar surface area (TPSA) is 78.0 Å². The number of sulfone groups is 1. The lowest BCUT2D eigenvalue weighted by Crippen LogP contribution is -2.49. The first-order chi connectivity index (χ1) is 15.7. The molecule has 0 radical (unpaired) electrons. The van der Waals surface area contributed by atoms with Crippen LogP contribution >= 0.6 is 27.5 Å². The third-order valence-electron chi connectivity index (χ3n) is 6.10. The molecule has 0 atom stereocenters. The molecule has 1 fully saturated rings.